The van der Waals surface area contributed by atoms with Crippen LogP contribution in [0.2, 0.25) is 0 Å². The Morgan fingerprint density at radius 2 is 2.24 bits per heavy atom. The second-order valence-electron chi connectivity index (χ2n) is 4.55. The van der Waals surface area contributed by atoms with Crippen LogP contribution in [-0.2, 0) is 11.3 Å². The zero-order valence-corrected chi connectivity index (χ0v) is 13.0. The summed E-state index contributed by atoms with van der Waals surface area (Å²) in [5.41, 5.74) is 1.31. The molecule has 0 atom stereocenters. The van der Waals surface area contributed by atoms with E-state index in [2.05, 4.69) is 20.9 Å². The average molecular weight is 349 g/mol. The van der Waals surface area contributed by atoms with Crippen molar-refractivity contribution in [2.75, 3.05) is 7.05 Å². The SMILES string of the molecule is CN(Cc1cc(Br)ccc1F)C(=O)/C=C/c1cccnc1. The van der Waals surface area contributed by atoms with Crippen molar-refractivity contribution in [2.45, 2.75) is 6.54 Å². The largest absolute Gasteiger partial charge is 0.338 e. The number of hydrogen-bond acceptors (Lipinski definition) is 2. The average Bonchev–Trinajstić information content (AvgIpc) is 2.49. The van der Waals surface area contributed by atoms with Gasteiger partial charge in [0.05, 0.1) is 0 Å². The fraction of sp³-hybridized carbons (Fsp3) is 0.125. The number of hydrogen-bond donors (Lipinski definition) is 0. The molecule has 0 aliphatic rings. The highest BCUT2D eigenvalue weighted by Crippen LogP contribution is 2.17. The molecular weight excluding hydrogens is 335 g/mol. The smallest absolute Gasteiger partial charge is 0.246 e. The van der Waals surface area contributed by atoms with Crippen LogP contribution in [-0.4, -0.2) is 22.8 Å². The van der Waals surface area contributed by atoms with Gasteiger partial charge in [0, 0.05) is 42.1 Å². The molecule has 1 aromatic carbocycles. The molecule has 1 aromatic heterocycles. The third-order valence-corrected chi connectivity index (χ3v) is 3.39. The number of amides is 1. The van der Waals surface area contributed by atoms with Crippen LogP contribution in [0.15, 0.2) is 53.3 Å². The van der Waals surface area contributed by atoms with Crippen LogP contribution in [0.1, 0.15) is 11.1 Å². The lowest BCUT2D eigenvalue weighted by Crippen LogP contribution is -2.24. The number of likely N-dealkylation sites (N-methyl/N-ethyl adjacent to an activating group) is 1. The van der Waals surface area contributed by atoms with E-state index in [1.54, 1.807) is 43.7 Å². The Bertz CT molecular complexity index is 659. The summed E-state index contributed by atoms with van der Waals surface area (Å²) in [4.78, 5) is 17.4. The topological polar surface area (TPSA) is 33.2 Å². The number of carbonyl (C=O) groups excluding carboxylic acids is 1. The van der Waals surface area contributed by atoms with Crippen LogP contribution in [0.5, 0.6) is 0 Å². The first-order chi connectivity index (χ1) is 10.1. The predicted molar refractivity (Wildman–Crippen MR) is 83.8 cm³/mol. The predicted octanol–water partition coefficient (Wildman–Crippen LogP) is 3.66. The number of carbonyl (C=O) groups is 1. The molecule has 2 rings (SSSR count). The van der Waals surface area contributed by atoms with Crippen molar-refractivity contribution in [3.63, 3.8) is 0 Å². The molecule has 1 heterocycles. The lowest BCUT2D eigenvalue weighted by molar-refractivity contribution is -0.125. The van der Waals surface area contributed by atoms with E-state index in [9.17, 15) is 9.18 Å². The van der Waals surface area contributed by atoms with Gasteiger partial charge < -0.3 is 4.90 Å². The molecule has 3 nitrogen and oxygen atoms in total. The molecule has 0 spiro atoms. The van der Waals surface area contributed by atoms with Crippen LogP contribution in [0.25, 0.3) is 6.08 Å². The summed E-state index contributed by atoms with van der Waals surface area (Å²) in [6, 6.07) is 8.33. The van der Waals surface area contributed by atoms with E-state index < -0.39 is 0 Å². The van der Waals surface area contributed by atoms with Crippen molar-refractivity contribution in [1.29, 1.82) is 0 Å². The summed E-state index contributed by atoms with van der Waals surface area (Å²) in [7, 11) is 1.64. The van der Waals surface area contributed by atoms with Crippen molar-refractivity contribution in [3.8, 4) is 0 Å². The number of nitrogens with zero attached hydrogens (tertiary/aromatic N) is 2. The van der Waals surface area contributed by atoms with Gasteiger partial charge in [-0.15, -0.1) is 0 Å². The number of rotatable bonds is 4. The van der Waals surface area contributed by atoms with Crippen LogP contribution in [0.4, 0.5) is 4.39 Å². The third kappa shape index (κ3) is 4.49. The Morgan fingerprint density at radius 1 is 1.43 bits per heavy atom. The van der Waals surface area contributed by atoms with E-state index in [1.165, 1.54) is 17.0 Å². The van der Waals surface area contributed by atoms with E-state index in [0.717, 1.165) is 10.0 Å². The Labute approximate surface area is 131 Å². The summed E-state index contributed by atoms with van der Waals surface area (Å²) in [5.74, 6) is -0.521. The van der Waals surface area contributed by atoms with Gasteiger partial charge in [0.25, 0.3) is 0 Å². The molecule has 0 saturated heterocycles. The van der Waals surface area contributed by atoms with Gasteiger partial charge in [-0.25, -0.2) is 4.39 Å². The van der Waals surface area contributed by atoms with Gasteiger partial charge in [-0.3, -0.25) is 9.78 Å². The number of aromatic nitrogens is 1. The summed E-state index contributed by atoms with van der Waals surface area (Å²) in [6.07, 6.45) is 6.47. The quantitative estimate of drug-likeness (QED) is 0.790. The Kier molecular flexibility index (Phi) is 5.22. The van der Waals surface area contributed by atoms with Gasteiger partial charge in [-0.1, -0.05) is 22.0 Å². The van der Waals surface area contributed by atoms with Crippen LogP contribution in [0.3, 0.4) is 0 Å². The van der Waals surface area contributed by atoms with Crippen molar-refractivity contribution in [2.24, 2.45) is 0 Å². The summed E-state index contributed by atoms with van der Waals surface area (Å²) >= 11 is 3.29. The van der Waals surface area contributed by atoms with E-state index in [4.69, 9.17) is 0 Å². The van der Waals surface area contributed by atoms with E-state index in [0.29, 0.717) is 5.56 Å². The molecule has 0 N–H and O–H groups in total. The maximum absolute atomic E-state index is 13.7. The molecule has 0 saturated carbocycles. The maximum atomic E-state index is 13.7. The zero-order valence-electron chi connectivity index (χ0n) is 11.5. The summed E-state index contributed by atoms with van der Waals surface area (Å²) < 4.78 is 14.4. The van der Waals surface area contributed by atoms with Crippen molar-refractivity contribution in [1.82, 2.24) is 9.88 Å². The molecule has 0 aliphatic carbocycles. The molecular formula is C16H14BrFN2O. The fourth-order valence-corrected chi connectivity index (χ4v) is 2.18. The number of halogens is 2. The first-order valence-electron chi connectivity index (χ1n) is 6.33. The molecule has 0 radical (unpaired) electrons. The van der Waals surface area contributed by atoms with Crippen molar-refractivity contribution < 1.29 is 9.18 Å². The van der Waals surface area contributed by atoms with E-state index in [-0.39, 0.29) is 18.3 Å². The fourth-order valence-electron chi connectivity index (χ4n) is 1.77. The number of benzene rings is 1. The van der Waals surface area contributed by atoms with E-state index >= 15 is 0 Å². The lowest BCUT2D eigenvalue weighted by Gasteiger charge is -2.15. The molecule has 0 aliphatic heterocycles. The highest BCUT2D eigenvalue weighted by atomic mass is 79.9. The second kappa shape index (κ2) is 7.13. The molecule has 1 amide bonds. The summed E-state index contributed by atoms with van der Waals surface area (Å²) in [6.45, 7) is 0.210. The first kappa shape index (κ1) is 15.4. The minimum Gasteiger partial charge on any atom is -0.338 e. The van der Waals surface area contributed by atoms with Crippen LogP contribution >= 0.6 is 15.9 Å². The minimum atomic E-state index is -0.325. The molecule has 0 unspecified atom stereocenters. The second-order valence-corrected chi connectivity index (χ2v) is 5.47. The Morgan fingerprint density at radius 3 is 2.95 bits per heavy atom. The minimum absolute atomic E-state index is 0.196. The molecule has 108 valence electrons. The molecule has 0 bridgehead atoms. The van der Waals surface area contributed by atoms with Gasteiger partial charge >= 0.3 is 0 Å². The van der Waals surface area contributed by atoms with Gasteiger partial charge in [0.1, 0.15) is 5.82 Å². The molecule has 0 fully saturated rings. The molecule has 21 heavy (non-hydrogen) atoms. The van der Waals surface area contributed by atoms with Gasteiger partial charge in [0.2, 0.25) is 5.91 Å². The monoisotopic (exact) mass is 348 g/mol. The van der Waals surface area contributed by atoms with E-state index in [1.807, 2.05) is 6.07 Å². The third-order valence-electron chi connectivity index (χ3n) is 2.89. The van der Waals surface area contributed by atoms with Crippen molar-refractivity contribution in [3.05, 3.63) is 70.2 Å². The van der Waals surface area contributed by atoms with Crippen molar-refractivity contribution >= 4 is 27.9 Å². The Hall–Kier alpha value is -2.01. The van der Waals surface area contributed by atoms with Gasteiger partial charge in [0.15, 0.2) is 0 Å². The van der Waals surface area contributed by atoms with Gasteiger partial charge in [-0.05, 0) is 35.9 Å². The van der Waals surface area contributed by atoms with Crippen LogP contribution < -0.4 is 0 Å². The molecule has 5 heteroatoms. The Balaban J connectivity index is 2.03. The summed E-state index contributed by atoms with van der Waals surface area (Å²) in [5, 5.41) is 0. The first-order valence-corrected chi connectivity index (χ1v) is 7.12. The number of pyridine rings is 1. The lowest BCUT2D eigenvalue weighted by atomic mass is 10.2. The zero-order chi connectivity index (χ0) is 15.2. The highest BCUT2D eigenvalue weighted by Gasteiger charge is 2.09. The van der Waals surface area contributed by atoms with Crippen LogP contribution in [0, 0.1) is 5.82 Å². The highest BCUT2D eigenvalue weighted by molar-refractivity contribution is 9.10. The maximum Gasteiger partial charge on any atom is 0.246 e. The molecule has 2 aromatic rings. The normalized spacial score (nSPS) is 10.8. The standard InChI is InChI=1S/C16H14BrFN2O/c1-20(11-13-9-14(17)5-6-15(13)18)16(21)7-4-12-3-2-8-19-10-12/h2-10H,11H2,1H3/b7-4+. The van der Waals surface area contributed by atoms with Gasteiger partial charge in [-0.2, -0.15) is 0 Å².